The molecule has 0 unspecified atom stereocenters. The number of nitrogen functional groups attached to an aromatic ring is 1. The number of sulfonamides is 1. The van der Waals surface area contributed by atoms with Gasteiger partial charge in [0.15, 0.2) is 5.03 Å². The highest BCUT2D eigenvalue weighted by molar-refractivity contribution is 7.89. The highest BCUT2D eigenvalue weighted by Crippen LogP contribution is 2.19. The normalized spacial score (nSPS) is 11.9. The Labute approximate surface area is 118 Å². The van der Waals surface area contributed by atoms with Crippen LogP contribution in [0.2, 0.25) is 0 Å². The molecular weight excluding hydrogens is 276 g/mol. The maximum absolute atomic E-state index is 12.5. The summed E-state index contributed by atoms with van der Waals surface area (Å²) in [6.07, 6.45) is 1.33. The zero-order chi connectivity index (χ0) is 14.8. The molecule has 1 aromatic heterocycles. The third-order valence-corrected chi connectivity index (χ3v) is 4.88. The van der Waals surface area contributed by atoms with E-state index in [1.165, 1.54) is 10.5 Å². The SMILES string of the molecule is CCN(Cc1ccccc1N)S(=O)(=O)c1cnc(C)[nH]1. The van der Waals surface area contributed by atoms with Gasteiger partial charge in [0, 0.05) is 18.8 Å². The van der Waals surface area contributed by atoms with Gasteiger partial charge in [-0.2, -0.15) is 4.31 Å². The molecule has 20 heavy (non-hydrogen) atoms. The summed E-state index contributed by atoms with van der Waals surface area (Å²) < 4.78 is 26.4. The number of nitrogens with two attached hydrogens (primary N) is 1. The van der Waals surface area contributed by atoms with Crippen molar-refractivity contribution in [1.29, 1.82) is 0 Å². The van der Waals surface area contributed by atoms with E-state index in [9.17, 15) is 8.42 Å². The summed E-state index contributed by atoms with van der Waals surface area (Å²) in [4.78, 5) is 6.70. The third kappa shape index (κ3) is 2.83. The van der Waals surface area contributed by atoms with E-state index in [0.717, 1.165) is 5.56 Å². The van der Waals surface area contributed by atoms with Crippen LogP contribution in [-0.2, 0) is 16.6 Å². The molecule has 0 aliphatic heterocycles. The fourth-order valence-electron chi connectivity index (χ4n) is 1.90. The molecule has 0 atom stereocenters. The molecule has 0 radical (unpaired) electrons. The first kappa shape index (κ1) is 14.5. The van der Waals surface area contributed by atoms with Crippen molar-refractivity contribution in [3.8, 4) is 0 Å². The standard InChI is InChI=1S/C13H18N4O2S/c1-3-17(9-11-6-4-5-7-12(11)14)20(18,19)13-8-15-10(2)16-13/h4-8H,3,9,14H2,1-2H3,(H,15,16). The second-order valence-corrected chi connectivity index (χ2v) is 6.37. The van der Waals surface area contributed by atoms with Crippen molar-refractivity contribution in [3.63, 3.8) is 0 Å². The molecule has 2 aromatic rings. The van der Waals surface area contributed by atoms with Crippen LogP contribution in [0.15, 0.2) is 35.5 Å². The molecule has 2 rings (SSSR count). The predicted octanol–water partition coefficient (Wildman–Crippen LogP) is 1.51. The molecule has 0 bridgehead atoms. The number of nitrogens with zero attached hydrogens (tertiary/aromatic N) is 2. The van der Waals surface area contributed by atoms with Crippen molar-refractivity contribution in [2.75, 3.05) is 12.3 Å². The number of imidazole rings is 1. The lowest BCUT2D eigenvalue weighted by Gasteiger charge is -2.20. The predicted molar refractivity (Wildman–Crippen MR) is 77.4 cm³/mol. The Morgan fingerprint density at radius 3 is 2.60 bits per heavy atom. The van der Waals surface area contributed by atoms with Gasteiger partial charge in [0.05, 0.1) is 6.20 Å². The van der Waals surface area contributed by atoms with Gasteiger partial charge in [-0.3, -0.25) is 0 Å². The van der Waals surface area contributed by atoms with Crippen LogP contribution in [0.4, 0.5) is 5.69 Å². The summed E-state index contributed by atoms with van der Waals surface area (Å²) in [5, 5.41) is 0.103. The Kier molecular flexibility index (Phi) is 4.10. The molecule has 6 nitrogen and oxygen atoms in total. The van der Waals surface area contributed by atoms with Gasteiger partial charge in [0.2, 0.25) is 0 Å². The Morgan fingerprint density at radius 1 is 1.35 bits per heavy atom. The second-order valence-electron chi connectivity index (χ2n) is 4.46. The summed E-state index contributed by atoms with van der Waals surface area (Å²) in [5.74, 6) is 0.568. The van der Waals surface area contributed by atoms with E-state index in [4.69, 9.17) is 5.73 Å². The first-order valence-corrected chi connectivity index (χ1v) is 7.74. The topological polar surface area (TPSA) is 92.1 Å². The van der Waals surface area contributed by atoms with Crippen molar-refractivity contribution in [2.45, 2.75) is 25.4 Å². The number of aromatic nitrogens is 2. The lowest BCUT2D eigenvalue weighted by atomic mass is 10.2. The van der Waals surface area contributed by atoms with Crippen LogP contribution in [0.25, 0.3) is 0 Å². The second kappa shape index (κ2) is 5.64. The number of aromatic amines is 1. The van der Waals surface area contributed by atoms with Crippen LogP contribution in [0.1, 0.15) is 18.3 Å². The zero-order valence-corrected chi connectivity index (χ0v) is 12.3. The molecular formula is C13H18N4O2S. The van der Waals surface area contributed by atoms with E-state index in [1.807, 2.05) is 18.2 Å². The van der Waals surface area contributed by atoms with Crippen molar-refractivity contribution in [3.05, 3.63) is 41.9 Å². The first-order chi connectivity index (χ1) is 9.45. The van der Waals surface area contributed by atoms with Gasteiger partial charge >= 0.3 is 0 Å². The monoisotopic (exact) mass is 294 g/mol. The fourth-order valence-corrected chi connectivity index (χ4v) is 3.29. The van der Waals surface area contributed by atoms with Crippen LogP contribution in [0.3, 0.4) is 0 Å². The van der Waals surface area contributed by atoms with Crippen molar-refractivity contribution >= 4 is 15.7 Å². The van der Waals surface area contributed by atoms with Crippen LogP contribution < -0.4 is 5.73 Å². The number of para-hydroxylation sites is 1. The van der Waals surface area contributed by atoms with Crippen molar-refractivity contribution in [2.24, 2.45) is 0 Å². The number of H-pyrrole nitrogens is 1. The van der Waals surface area contributed by atoms with Gasteiger partial charge < -0.3 is 10.7 Å². The summed E-state index contributed by atoms with van der Waals surface area (Å²) in [6.45, 7) is 4.10. The summed E-state index contributed by atoms with van der Waals surface area (Å²) in [5.41, 5.74) is 7.24. The van der Waals surface area contributed by atoms with Gasteiger partial charge in [-0.25, -0.2) is 13.4 Å². The minimum Gasteiger partial charge on any atom is -0.398 e. The van der Waals surface area contributed by atoms with E-state index in [2.05, 4.69) is 9.97 Å². The van der Waals surface area contributed by atoms with Crippen LogP contribution in [0.5, 0.6) is 0 Å². The molecule has 0 aliphatic carbocycles. The number of benzene rings is 1. The maximum Gasteiger partial charge on any atom is 0.260 e. The lowest BCUT2D eigenvalue weighted by Crippen LogP contribution is -2.31. The van der Waals surface area contributed by atoms with Gasteiger partial charge in [-0.15, -0.1) is 0 Å². The molecule has 0 amide bonds. The summed E-state index contributed by atoms with van der Waals surface area (Å²) in [7, 11) is -3.59. The average Bonchev–Trinajstić information content (AvgIpc) is 2.85. The molecule has 0 aliphatic rings. The van der Waals surface area contributed by atoms with E-state index < -0.39 is 10.0 Å². The number of anilines is 1. The largest absolute Gasteiger partial charge is 0.398 e. The van der Waals surface area contributed by atoms with Crippen LogP contribution >= 0.6 is 0 Å². The van der Waals surface area contributed by atoms with Crippen molar-refractivity contribution < 1.29 is 8.42 Å². The van der Waals surface area contributed by atoms with Gasteiger partial charge in [-0.05, 0) is 18.6 Å². The molecule has 0 spiro atoms. The van der Waals surface area contributed by atoms with E-state index in [0.29, 0.717) is 18.1 Å². The highest BCUT2D eigenvalue weighted by Gasteiger charge is 2.25. The average molecular weight is 294 g/mol. The summed E-state index contributed by atoms with van der Waals surface area (Å²) in [6, 6.07) is 7.25. The summed E-state index contributed by atoms with van der Waals surface area (Å²) >= 11 is 0. The number of nitrogens with one attached hydrogen (secondary N) is 1. The molecule has 1 aromatic carbocycles. The number of hydrogen-bond acceptors (Lipinski definition) is 4. The van der Waals surface area contributed by atoms with Gasteiger partial charge in [0.25, 0.3) is 10.0 Å². The molecule has 108 valence electrons. The molecule has 0 saturated heterocycles. The molecule has 0 saturated carbocycles. The number of rotatable bonds is 5. The quantitative estimate of drug-likeness (QED) is 0.818. The van der Waals surface area contributed by atoms with E-state index >= 15 is 0 Å². The smallest absolute Gasteiger partial charge is 0.260 e. The molecule has 1 heterocycles. The molecule has 3 N–H and O–H groups in total. The highest BCUT2D eigenvalue weighted by atomic mass is 32.2. The Hall–Kier alpha value is -1.86. The molecule has 0 fully saturated rings. The van der Waals surface area contributed by atoms with Crippen molar-refractivity contribution in [1.82, 2.24) is 14.3 Å². The molecule has 7 heteroatoms. The Bertz CT molecular complexity index is 694. The zero-order valence-electron chi connectivity index (χ0n) is 11.5. The minimum absolute atomic E-state index is 0.103. The first-order valence-electron chi connectivity index (χ1n) is 6.30. The third-order valence-electron chi connectivity index (χ3n) is 3.05. The van der Waals surface area contributed by atoms with E-state index in [1.54, 1.807) is 19.9 Å². The minimum atomic E-state index is -3.59. The Balaban J connectivity index is 2.31. The Morgan fingerprint density at radius 2 is 2.05 bits per heavy atom. The van der Waals surface area contributed by atoms with E-state index in [-0.39, 0.29) is 11.6 Å². The maximum atomic E-state index is 12.5. The van der Waals surface area contributed by atoms with Gasteiger partial charge in [0.1, 0.15) is 5.82 Å². The number of hydrogen-bond donors (Lipinski definition) is 2. The van der Waals surface area contributed by atoms with Gasteiger partial charge in [-0.1, -0.05) is 25.1 Å². The number of aryl methyl sites for hydroxylation is 1. The lowest BCUT2D eigenvalue weighted by molar-refractivity contribution is 0.422. The van der Waals surface area contributed by atoms with Crippen LogP contribution in [-0.4, -0.2) is 29.2 Å². The fraction of sp³-hybridized carbons (Fsp3) is 0.308. The van der Waals surface area contributed by atoms with Crippen LogP contribution in [0, 0.1) is 6.92 Å².